The maximum atomic E-state index is 10.6. The Bertz CT molecular complexity index is 183. The van der Waals surface area contributed by atoms with Gasteiger partial charge in [0.05, 0.1) is 6.42 Å². The molecule has 12 heavy (non-hydrogen) atoms. The minimum absolute atomic E-state index is 0.00444. The van der Waals surface area contributed by atoms with Crippen LogP contribution in [-0.4, -0.2) is 17.1 Å². The van der Waals surface area contributed by atoms with Gasteiger partial charge < -0.3 is 10.8 Å². The Morgan fingerprint density at radius 1 is 1.75 bits per heavy atom. The molecule has 1 aliphatic rings. The summed E-state index contributed by atoms with van der Waals surface area (Å²) in [5, 5.41) is 8.69. The molecule has 0 saturated heterocycles. The fourth-order valence-electron chi connectivity index (χ4n) is 2.31. The van der Waals surface area contributed by atoms with Gasteiger partial charge in [-0.25, -0.2) is 0 Å². The lowest BCUT2D eigenvalue weighted by Crippen LogP contribution is -2.49. The first-order valence-electron chi connectivity index (χ1n) is 4.44. The monoisotopic (exact) mass is 171 g/mol. The fraction of sp³-hybridized carbons (Fsp3) is 0.889. The van der Waals surface area contributed by atoms with Gasteiger partial charge in [0.2, 0.25) is 0 Å². The molecule has 0 aliphatic heterocycles. The molecule has 0 amide bonds. The fourth-order valence-corrected chi connectivity index (χ4v) is 2.31. The highest BCUT2D eigenvalue weighted by Gasteiger charge is 2.46. The second-order valence-corrected chi connectivity index (χ2v) is 4.23. The number of carboxylic acids is 1. The highest BCUT2D eigenvalue weighted by Crippen LogP contribution is 2.49. The molecule has 0 aromatic heterocycles. The molecule has 1 fully saturated rings. The van der Waals surface area contributed by atoms with Gasteiger partial charge in [0.1, 0.15) is 0 Å². The van der Waals surface area contributed by atoms with Crippen LogP contribution in [0.5, 0.6) is 0 Å². The largest absolute Gasteiger partial charge is 0.481 e. The van der Waals surface area contributed by atoms with Crippen LogP contribution in [0.15, 0.2) is 0 Å². The van der Waals surface area contributed by atoms with E-state index in [1.54, 1.807) is 0 Å². The second-order valence-electron chi connectivity index (χ2n) is 4.23. The van der Waals surface area contributed by atoms with E-state index in [9.17, 15) is 4.79 Å². The van der Waals surface area contributed by atoms with Crippen LogP contribution >= 0.6 is 0 Å². The van der Waals surface area contributed by atoms with Gasteiger partial charge in [-0.15, -0.1) is 0 Å². The van der Waals surface area contributed by atoms with Gasteiger partial charge in [-0.3, -0.25) is 4.79 Å². The third kappa shape index (κ3) is 1.61. The summed E-state index contributed by atoms with van der Waals surface area (Å²) in [4.78, 5) is 10.6. The van der Waals surface area contributed by atoms with E-state index < -0.39 is 5.97 Å². The number of rotatable bonds is 3. The number of hydrogen-bond acceptors (Lipinski definition) is 2. The molecule has 3 heteroatoms. The molecule has 1 unspecified atom stereocenters. The van der Waals surface area contributed by atoms with Crippen molar-refractivity contribution in [2.45, 2.75) is 39.2 Å². The van der Waals surface area contributed by atoms with Crippen molar-refractivity contribution in [3.8, 4) is 0 Å². The third-order valence-electron chi connectivity index (χ3n) is 2.98. The van der Waals surface area contributed by atoms with Gasteiger partial charge in [0.25, 0.3) is 0 Å². The molecule has 0 bridgehead atoms. The zero-order chi connectivity index (χ0) is 9.35. The van der Waals surface area contributed by atoms with Crippen LogP contribution in [0.2, 0.25) is 0 Å². The topological polar surface area (TPSA) is 63.3 Å². The minimum Gasteiger partial charge on any atom is -0.481 e. The molecule has 0 aromatic carbocycles. The van der Waals surface area contributed by atoms with Crippen molar-refractivity contribution in [2.75, 3.05) is 0 Å². The molecular weight excluding hydrogens is 154 g/mol. The first-order chi connectivity index (χ1) is 5.46. The summed E-state index contributed by atoms with van der Waals surface area (Å²) in [5.74, 6) is -0.0745. The molecule has 1 saturated carbocycles. The van der Waals surface area contributed by atoms with Crippen molar-refractivity contribution >= 4 is 5.97 Å². The lowest BCUT2D eigenvalue weighted by atomic mass is 9.58. The molecule has 0 spiro atoms. The van der Waals surface area contributed by atoms with Crippen LogP contribution in [0.25, 0.3) is 0 Å². The van der Waals surface area contributed by atoms with Crippen molar-refractivity contribution < 1.29 is 9.90 Å². The van der Waals surface area contributed by atoms with E-state index in [0.29, 0.717) is 5.92 Å². The van der Waals surface area contributed by atoms with Crippen molar-refractivity contribution in [3.05, 3.63) is 0 Å². The first kappa shape index (κ1) is 9.52. The van der Waals surface area contributed by atoms with Crippen LogP contribution < -0.4 is 5.73 Å². The number of carbonyl (C=O) groups is 1. The molecular formula is C9H17NO2. The first-order valence-corrected chi connectivity index (χ1v) is 4.44. The van der Waals surface area contributed by atoms with Gasteiger partial charge in [-0.1, -0.05) is 6.92 Å². The van der Waals surface area contributed by atoms with E-state index in [1.807, 2.05) is 6.92 Å². The number of nitrogens with two attached hydrogens (primary N) is 1. The van der Waals surface area contributed by atoms with Crippen LogP contribution in [0.4, 0.5) is 0 Å². The Hall–Kier alpha value is -0.570. The SMILES string of the molecule is CC1CC(CC(=O)O)(C(C)N)C1. The lowest BCUT2D eigenvalue weighted by molar-refractivity contribution is -0.143. The molecule has 1 rings (SSSR count). The second kappa shape index (κ2) is 3.05. The zero-order valence-electron chi connectivity index (χ0n) is 7.71. The maximum absolute atomic E-state index is 10.6. The van der Waals surface area contributed by atoms with Gasteiger partial charge in [0.15, 0.2) is 0 Å². The van der Waals surface area contributed by atoms with Gasteiger partial charge in [0, 0.05) is 6.04 Å². The Kier molecular flexibility index (Phi) is 2.42. The quantitative estimate of drug-likeness (QED) is 0.671. The van der Waals surface area contributed by atoms with Crippen molar-refractivity contribution in [1.29, 1.82) is 0 Å². The van der Waals surface area contributed by atoms with E-state index >= 15 is 0 Å². The molecule has 1 atom stereocenters. The van der Waals surface area contributed by atoms with Crippen LogP contribution in [0.1, 0.15) is 33.1 Å². The minimum atomic E-state index is -0.723. The summed E-state index contributed by atoms with van der Waals surface area (Å²) in [6.45, 7) is 4.05. The Labute approximate surface area is 72.9 Å². The molecule has 0 aromatic rings. The Morgan fingerprint density at radius 3 is 2.50 bits per heavy atom. The summed E-state index contributed by atoms with van der Waals surface area (Å²) in [5.41, 5.74) is 5.67. The van der Waals surface area contributed by atoms with Crippen molar-refractivity contribution in [2.24, 2.45) is 17.1 Å². The van der Waals surface area contributed by atoms with Crippen LogP contribution in [0.3, 0.4) is 0 Å². The number of hydrogen-bond donors (Lipinski definition) is 2. The Balaban J connectivity index is 2.57. The van der Waals surface area contributed by atoms with Gasteiger partial charge in [-0.05, 0) is 31.1 Å². The van der Waals surface area contributed by atoms with Crippen molar-refractivity contribution in [1.82, 2.24) is 0 Å². The summed E-state index contributed by atoms with van der Waals surface area (Å²) < 4.78 is 0. The van der Waals surface area contributed by atoms with Crippen LogP contribution in [-0.2, 0) is 4.79 Å². The third-order valence-corrected chi connectivity index (χ3v) is 2.98. The summed E-state index contributed by atoms with van der Waals surface area (Å²) in [6, 6.07) is 0.00444. The zero-order valence-corrected chi connectivity index (χ0v) is 7.71. The van der Waals surface area contributed by atoms with E-state index in [-0.39, 0.29) is 17.9 Å². The van der Waals surface area contributed by atoms with Crippen molar-refractivity contribution in [3.63, 3.8) is 0 Å². The lowest BCUT2D eigenvalue weighted by Gasteiger charge is -2.48. The average molecular weight is 171 g/mol. The average Bonchev–Trinajstić information content (AvgIpc) is 1.81. The smallest absolute Gasteiger partial charge is 0.303 e. The van der Waals surface area contributed by atoms with E-state index in [1.165, 1.54) is 0 Å². The van der Waals surface area contributed by atoms with E-state index in [4.69, 9.17) is 10.8 Å². The standard InChI is InChI=1S/C9H17NO2/c1-6-3-9(4-6,7(2)10)5-8(11)12/h6-7H,3-5,10H2,1-2H3,(H,11,12). The maximum Gasteiger partial charge on any atom is 0.303 e. The summed E-state index contributed by atoms with van der Waals surface area (Å²) in [7, 11) is 0. The van der Waals surface area contributed by atoms with Gasteiger partial charge in [-0.2, -0.15) is 0 Å². The highest BCUT2D eigenvalue weighted by molar-refractivity contribution is 5.68. The molecule has 3 N–H and O–H groups in total. The Morgan fingerprint density at radius 2 is 2.25 bits per heavy atom. The predicted octanol–water partition coefficient (Wildman–Crippen LogP) is 1.22. The molecule has 0 radical (unpaired) electrons. The van der Waals surface area contributed by atoms with E-state index in [2.05, 4.69) is 6.92 Å². The molecule has 0 heterocycles. The number of aliphatic carboxylic acids is 1. The van der Waals surface area contributed by atoms with E-state index in [0.717, 1.165) is 12.8 Å². The highest BCUT2D eigenvalue weighted by atomic mass is 16.4. The number of carboxylic acid groups (broad SMARTS) is 1. The predicted molar refractivity (Wildman–Crippen MR) is 46.7 cm³/mol. The summed E-state index contributed by atoms with van der Waals surface area (Å²) in [6.07, 6.45) is 2.17. The van der Waals surface area contributed by atoms with Gasteiger partial charge >= 0.3 is 5.97 Å². The molecule has 70 valence electrons. The van der Waals surface area contributed by atoms with Crippen LogP contribution in [0, 0.1) is 11.3 Å². The molecule has 3 nitrogen and oxygen atoms in total. The summed E-state index contributed by atoms with van der Waals surface area (Å²) >= 11 is 0. The molecule has 1 aliphatic carbocycles. The normalized spacial score (nSPS) is 37.1.